The van der Waals surface area contributed by atoms with Gasteiger partial charge in [0, 0.05) is 25.7 Å². The largest absolute Gasteiger partial charge is 0.484 e. The summed E-state index contributed by atoms with van der Waals surface area (Å²) in [5, 5.41) is 0. The Bertz CT molecular complexity index is 943. The number of ether oxygens (including phenoxy) is 1. The number of carbonyl (C=O) groups excluding carboxylic acids is 3. The van der Waals surface area contributed by atoms with E-state index in [1.807, 2.05) is 25.1 Å². The molecule has 2 aliphatic rings. The van der Waals surface area contributed by atoms with Gasteiger partial charge in [0.05, 0.1) is 17.0 Å². The van der Waals surface area contributed by atoms with Crippen molar-refractivity contribution in [3.63, 3.8) is 0 Å². The smallest absolute Gasteiger partial charge is 0.260 e. The highest BCUT2D eigenvalue weighted by Crippen LogP contribution is 2.40. The standard InChI is InChI=1S/C22H22N2O4/c1-22-14-24(19(25)13-28-15-8-4-3-5-9-15)12-18(22)23(2)21(27)17-11-7-6-10-16(17)20(22)26/h3-11,18H,12-14H2,1-2H3/t18-,22+/m1/s1. The number of hydrogen-bond donors (Lipinski definition) is 0. The third-order valence-electron chi connectivity index (χ3n) is 5.81. The zero-order valence-corrected chi connectivity index (χ0v) is 15.9. The van der Waals surface area contributed by atoms with Gasteiger partial charge in [0.15, 0.2) is 12.4 Å². The average molecular weight is 378 g/mol. The molecule has 0 radical (unpaired) electrons. The molecule has 0 aliphatic carbocycles. The minimum absolute atomic E-state index is 0.0925. The summed E-state index contributed by atoms with van der Waals surface area (Å²) < 4.78 is 5.57. The van der Waals surface area contributed by atoms with Crippen LogP contribution in [-0.4, -0.2) is 60.2 Å². The van der Waals surface area contributed by atoms with Crippen LogP contribution in [0.3, 0.4) is 0 Å². The summed E-state index contributed by atoms with van der Waals surface area (Å²) >= 11 is 0. The lowest BCUT2D eigenvalue weighted by Gasteiger charge is -2.32. The van der Waals surface area contributed by atoms with Crippen molar-refractivity contribution < 1.29 is 19.1 Å². The molecular formula is C22H22N2O4. The Morgan fingerprint density at radius 3 is 2.43 bits per heavy atom. The Labute approximate surface area is 163 Å². The van der Waals surface area contributed by atoms with Gasteiger partial charge in [-0.1, -0.05) is 36.4 Å². The summed E-state index contributed by atoms with van der Waals surface area (Å²) in [6, 6.07) is 15.7. The lowest BCUT2D eigenvalue weighted by atomic mass is 9.78. The number of carbonyl (C=O) groups is 3. The van der Waals surface area contributed by atoms with E-state index in [4.69, 9.17) is 4.74 Å². The Morgan fingerprint density at radius 1 is 1.07 bits per heavy atom. The second kappa shape index (κ2) is 6.78. The van der Waals surface area contributed by atoms with Gasteiger partial charge in [0.25, 0.3) is 11.8 Å². The van der Waals surface area contributed by atoms with Crippen LogP contribution in [0.1, 0.15) is 27.6 Å². The molecule has 0 saturated carbocycles. The van der Waals surface area contributed by atoms with Crippen molar-refractivity contribution in [1.82, 2.24) is 9.80 Å². The van der Waals surface area contributed by atoms with Gasteiger partial charge in [-0.2, -0.15) is 0 Å². The number of hydrogen-bond acceptors (Lipinski definition) is 4. The highest BCUT2D eigenvalue weighted by atomic mass is 16.5. The maximum atomic E-state index is 13.3. The van der Waals surface area contributed by atoms with Crippen molar-refractivity contribution in [2.24, 2.45) is 5.41 Å². The van der Waals surface area contributed by atoms with Crippen molar-refractivity contribution in [3.05, 3.63) is 65.7 Å². The third-order valence-corrected chi connectivity index (χ3v) is 5.81. The number of nitrogens with zero attached hydrogens (tertiary/aromatic N) is 2. The maximum Gasteiger partial charge on any atom is 0.260 e. The Kier molecular flexibility index (Phi) is 4.41. The molecule has 0 N–H and O–H groups in total. The molecule has 2 aromatic rings. The fourth-order valence-electron chi connectivity index (χ4n) is 4.20. The molecule has 0 spiro atoms. The molecule has 2 aromatic carbocycles. The van der Waals surface area contributed by atoms with Crippen LogP contribution in [0.25, 0.3) is 0 Å². The first-order chi connectivity index (χ1) is 13.4. The van der Waals surface area contributed by atoms with Crippen LogP contribution in [0.15, 0.2) is 54.6 Å². The van der Waals surface area contributed by atoms with Gasteiger partial charge in [-0.25, -0.2) is 0 Å². The number of likely N-dealkylation sites (tertiary alicyclic amines) is 1. The van der Waals surface area contributed by atoms with Gasteiger partial charge in [-0.3, -0.25) is 14.4 Å². The van der Waals surface area contributed by atoms with Crippen molar-refractivity contribution >= 4 is 17.6 Å². The number of ketones is 1. The Morgan fingerprint density at radius 2 is 1.71 bits per heavy atom. The van der Waals surface area contributed by atoms with Crippen molar-refractivity contribution in [1.29, 1.82) is 0 Å². The molecule has 2 heterocycles. The highest BCUT2D eigenvalue weighted by molar-refractivity contribution is 6.12. The molecule has 28 heavy (non-hydrogen) atoms. The fraction of sp³-hybridized carbons (Fsp3) is 0.318. The summed E-state index contributed by atoms with van der Waals surface area (Å²) in [5.41, 5.74) is 0.00877. The summed E-state index contributed by atoms with van der Waals surface area (Å²) in [5.74, 6) is 0.144. The first kappa shape index (κ1) is 18.2. The number of Topliss-reactive ketones (excluding diaryl/α,β-unsaturated/α-hetero) is 1. The zero-order chi connectivity index (χ0) is 19.9. The summed E-state index contributed by atoms with van der Waals surface area (Å²) in [4.78, 5) is 42.2. The van der Waals surface area contributed by atoms with Crippen LogP contribution in [0.2, 0.25) is 0 Å². The topological polar surface area (TPSA) is 66.9 Å². The number of amides is 2. The number of likely N-dealkylation sites (N-methyl/N-ethyl adjacent to an activating group) is 1. The molecule has 0 bridgehead atoms. The molecule has 2 atom stereocenters. The number of rotatable bonds is 3. The van der Waals surface area contributed by atoms with E-state index < -0.39 is 5.41 Å². The van der Waals surface area contributed by atoms with Gasteiger partial charge in [-0.15, -0.1) is 0 Å². The van der Waals surface area contributed by atoms with Gasteiger partial charge in [0.1, 0.15) is 5.75 Å². The van der Waals surface area contributed by atoms with E-state index in [2.05, 4.69) is 0 Å². The van der Waals surface area contributed by atoms with E-state index in [0.29, 0.717) is 23.4 Å². The van der Waals surface area contributed by atoms with E-state index in [9.17, 15) is 14.4 Å². The van der Waals surface area contributed by atoms with Gasteiger partial charge in [0.2, 0.25) is 0 Å². The van der Waals surface area contributed by atoms with Crippen molar-refractivity contribution in [2.45, 2.75) is 13.0 Å². The van der Waals surface area contributed by atoms with Crippen LogP contribution in [0, 0.1) is 5.41 Å². The van der Waals surface area contributed by atoms with Crippen LogP contribution < -0.4 is 4.74 Å². The van der Waals surface area contributed by atoms with Crippen molar-refractivity contribution in [2.75, 3.05) is 26.7 Å². The molecule has 1 saturated heterocycles. The molecule has 1 fully saturated rings. The van der Waals surface area contributed by atoms with E-state index in [1.165, 1.54) is 0 Å². The molecule has 6 heteroatoms. The average Bonchev–Trinajstić information content (AvgIpc) is 3.07. The lowest BCUT2D eigenvalue weighted by molar-refractivity contribution is -0.132. The molecular weight excluding hydrogens is 356 g/mol. The number of benzene rings is 2. The molecule has 144 valence electrons. The minimum Gasteiger partial charge on any atom is -0.484 e. The summed E-state index contributed by atoms with van der Waals surface area (Å²) in [6.07, 6.45) is 0. The molecule has 6 nitrogen and oxygen atoms in total. The van der Waals surface area contributed by atoms with Crippen LogP contribution in [-0.2, 0) is 4.79 Å². The predicted octanol–water partition coefficient (Wildman–Crippen LogP) is 2.25. The lowest BCUT2D eigenvalue weighted by Crippen LogP contribution is -2.48. The summed E-state index contributed by atoms with van der Waals surface area (Å²) in [6.45, 7) is 2.32. The molecule has 4 rings (SSSR count). The van der Waals surface area contributed by atoms with E-state index in [-0.39, 0.29) is 36.8 Å². The second-order valence-corrected chi connectivity index (χ2v) is 7.60. The molecule has 2 amide bonds. The van der Waals surface area contributed by atoms with E-state index in [1.54, 1.807) is 53.2 Å². The van der Waals surface area contributed by atoms with Crippen LogP contribution >= 0.6 is 0 Å². The normalized spacial score (nSPS) is 23.9. The van der Waals surface area contributed by atoms with Crippen LogP contribution in [0.4, 0.5) is 0 Å². The van der Waals surface area contributed by atoms with Gasteiger partial charge in [-0.05, 0) is 25.1 Å². The highest BCUT2D eigenvalue weighted by Gasteiger charge is 2.54. The number of para-hydroxylation sites is 1. The SMILES string of the molecule is CN1C(=O)c2ccccc2C(=O)[C@@]2(C)CN(C(=O)COc3ccccc3)C[C@@H]12. The maximum absolute atomic E-state index is 13.3. The first-order valence-electron chi connectivity index (χ1n) is 9.28. The Hall–Kier alpha value is -3.15. The third kappa shape index (κ3) is 2.85. The fourth-order valence-corrected chi connectivity index (χ4v) is 4.20. The van der Waals surface area contributed by atoms with Gasteiger partial charge < -0.3 is 14.5 Å². The zero-order valence-electron chi connectivity index (χ0n) is 15.9. The Balaban J connectivity index is 1.57. The summed E-state index contributed by atoms with van der Waals surface area (Å²) in [7, 11) is 1.70. The first-order valence-corrected chi connectivity index (χ1v) is 9.28. The predicted molar refractivity (Wildman–Crippen MR) is 103 cm³/mol. The van der Waals surface area contributed by atoms with Crippen molar-refractivity contribution in [3.8, 4) is 5.75 Å². The van der Waals surface area contributed by atoms with E-state index >= 15 is 0 Å². The monoisotopic (exact) mass is 378 g/mol. The molecule has 0 aromatic heterocycles. The molecule has 0 unspecified atom stereocenters. The van der Waals surface area contributed by atoms with Crippen LogP contribution in [0.5, 0.6) is 5.75 Å². The number of fused-ring (bicyclic) bond motifs is 2. The van der Waals surface area contributed by atoms with Gasteiger partial charge >= 0.3 is 0 Å². The molecule has 2 aliphatic heterocycles. The quantitative estimate of drug-likeness (QED) is 0.822. The minimum atomic E-state index is -0.848. The second-order valence-electron chi connectivity index (χ2n) is 7.60. The van der Waals surface area contributed by atoms with E-state index in [0.717, 1.165) is 0 Å².